The summed E-state index contributed by atoms with van der Waals surface area (Å²) >= 11 is 0. The Bertz CT molecular complexity index is 685. The molecule has 2 aromatic heterocycles. The minimum atomic E-state index is -0.444. The fraction of sp³-hybridized carbons (Fsp3) is 0.750. The number of nitrogens with zero attached hydrogens (tertiary/aromatic N) is 6. The van der Waals surface area contributed by atoms with Gasteiger partial charge in [-0.3, -0.25) is 9.80 Å². The monoisotopic (exact) mass is 350 g/mol. The lowest BCUT2D eigenvalue weighted by atomic mass is 10.2. The number of likely N-dealkylation sites (tertiary alicyclic amines) is 1. The molecule has 25 heavy (non-hydrogen) atoms. The van der Waals surface area contributed by atoms with E-state index in [1.54, 1.807) is 6.92 Å². The fourth-order valence-corrected chi connectivity index (χ4v) is 3.14. The molecule has 138 valence electrons. The van der Waals surface area contributed by atoms with Crippen molar-refractivity contribution in [2.75, 3.05) is 19.6 Å². The van der Waals surface area contributed by atoms with Gasteiger partial charge in [0, 0.05) is 25.9 Å². The van der Waals surface area contributed by atoms with Crippen LogP contribution in [-0.2, 0) is 13.1 Å². The second kappa shape index (κ2) is 7.59. The van der Waals surface area contributed by atoms with Crippen molar-refractivity contribution in [1.29, 1.82) is 0 Å². The molecule has 1 saturated heterocycles. The van der Waals surface area contributed by atoms with Crippen LogP contribution in [0.4, 0.5) is 0 Å². The maximum Gasteiger partial charge on any atom is 0.230 e. The second-order valence-corrected chi connectivity index (χ2v) is 6.81. The van der Waals surface area contributed by atoms with Crippen LogP contribution in [0.3, 0.4) is 0 Å². The first-order valence-corrected chi connectivity index (χ1v) is 8.72. The van der Waals surface area contributed by atoms with Gasteiger partial charge in [-0.15, -0.1) is 10.2 Å². The van der Waals surface area contributed by atoms with Gasteiger partial charge in [0.1, 0.15) is 0 Å². The maximum atomic E-state index is 10.5. The lowest BCUT2D eigenvalue weighted by Crippen LogP contribution is -2.42. The molecular weight excluding hydrogens is 324 g/mol. The van der Waals surface area contributed by atoms with Gasteiger partial charge < -0.3 is 14.0 Å². The molecule has 9 nitrogen and oxygen atoms in total. The predicted molar refractivity (Wildman–Crippen MR) is 88.6 cm³/mol. The third-order valence-corrected chi connectivity index (χ3v) is 4.46. The summed E-state index contributed by atoms with van der Waals surface area (Å²) in [6.07, 6.45) is -0.444. The summed E-state index contributed by atoms with van der Waals surface area (Å²) in [5.74, 6) is 2.65. The molecule has 0 radical (unpaired) electrons. The SMILES string of the molecule is CCN(Cc1nnc(C)o1)C1CN(Cc2noc(C(C)C)n2)C[C@H]1O. The highest BCUT2D eigenvalue weighted by atomic mass is 16.5. The van der Waals surface area contributed by atoms with Crippen molar-refractivity contribution < 1.29 is 14.0 Å². The number of aromatic nitrogens is 4. The largest absolute Gasteiger partial charge is 0.424 e. The van der Waals surface area contributed by atoms with E-state index in [-0.39, 0.29) is 12.0 Å². The molecule has 1 aliphatic rings. The number of aliphatic hydroxyl groups is 1. The van der Waals surface area contributed by atoms with E-state index in [0.717, 1.165) is 13.1 Å². The predicted octanol–water partition coefficient (Wildman–Crippen LogP) is 0.952. The Labute approximate surface area is 147 Å². The molecule has 3 heterocycles. The van der Waals surface area contributed by atoms with Crippen LogP contribution in [0.2, 0.25) is 0 Å². The molecule has 2 aromatic rings. The van der Waals surface area contributed by atoms with E-state index in [9.17, 15) is 5.11 Å². The van der Waals surface area contributed by atoms with E-state index in [2.05, 4.69) is 37.1 Å². The summed E-state index contributed by atoms with van der Waals surface area (Å²) in [4.78, 5) is 8.72. The Kier molecular flexibility index (Phi) is 5.45. The quantitative estimate of drug-likeness (QED) is 0.781. The van der Waals surface area contributed by atoms with Gasteiger partial charge in [-0.2, -0.15) is 4.98 Å². The summed E-state index contributed by atoms with van der Waals surface area (Å²) in [6.45, 7) is 11.1. The molecule has 0 spiro atoms. The first kappa shape index (κ1) is 18.0. The Hall–Kier alpha value is -1.84. The summed E-state index contributed by atoms with van der Waals surface area (Å²) in [5, 5.41) is 22.4. The van der Waals surface area contributed by atoms with Crippen molar-refractivity contribution in [3.63, 3.8) is 0 Å². The molecular formula is C16H26N6O3. The average molecular weight is 350 g/mol. The van der Waals surface area contributed by atoms with Gasteiger partial charge in [0.25, 0.3) is 0 Å². The first-order chi connectivity index (χ1) is 12.0. The Morgan fingerprint density at radius 1 is 1.32 bits per heavy atom. The molecule has 1 aliphatic heterocycles. The normalized spacial score (nSPS) is 21.7. The van der Waals surface area contributed by atoms with Gasteiger partial charge in [0.05, 0.1) is 25.2 Å². The topological polar surface area (TPSA) is 105 Å². The number of hydrogen-bond acceptors (Lipinski definition) is 9. The molecule has 2 atom stereocenters. The van der Waals surface area contributed by atoms with Crippen molar-refractivity contribution in [3.8, 4) is 0 Å². The lowest BCUT2D eigenvalue weighted by molar-refractivity contribution is 0.0760. The first-order valence-electron chi connectivity index (χ1n) is 8.72. The van der Waals surface area contributed by atoms with Crippen molar-refractivity contribution in [2.45, 2.75) is 58.8 Å². The number of likely N-dealkylation sites (N-methyl/N-ethyl adjacent to an activating group) is 1. The molecule has 9 heteroatoms. The molecule has 1 fully saturated rings. The van der Waals surface area contributed by atoms with Crippen LogP contribution in [0, 0.1) is 6.92 Å². The van der Waals surface area contributed by atoms with Gasteiger partial charge >= 0.3 is 0 Å². The van der Waals surface area contributed by atoms with Crippen LogP contribution in [0.5, 0.6) is 0 Å². The van der Waals surface area contributed by atoms with Gasteiger partial charge in [0.15, 0.2) is 5.82 Å². The van der Waals surface area contributed by atoms with Gasteiger partial charge in [-0.1, -0.05) is 25.9 Å². The van der Waals surface area contributed by atoms with Gasteiger partial charge in [0.2, 0.25) is 17.7 Å². The van der Waals surface area contributed by atoms with Gasteiger partial charge in [-0.05, 0) is 6.54 Å². The summed E-state index contributed by atoms with van der Waals surface area (Å²) < 4.78 is 10.7. The standard InChI is InChI=1S/C16H26N6O3/c1-5-22(9-15-19-18-11(4)24-15)12-6-21(7-13(12)23)8-14-17-16(10(2)3)25-20-14/h10,12-13,23H,5-9H2,1-4H3/t12?,13-/m1/s1. The highest BCUT2D eigenvalue weighted by molar-refractivity contribution is 4.96. The third-order valence-electron chi connectivity index (χ3n) is 4.46. The number of β-amino-alcohol motifs (C(OH)–C–C–N with tert-alkyl or cyclic N) is 1. The minimum Gasteiger partial charge on any atom is -0.424 e. The van der Waals surface area contributed by atoms with E-state index in [4.69, 9.17) is 8.94 Å². The Morgan fingerprint density at radius 2 is 2.12 bits per heavy atom. The number of aryl methyl sites for hydroxylation is 1. The van der Waals surface area contributed by atoms with Gasteiger partial charge in [-0.25, -0.2) is 0 Å². The van der Waals surface area contributed by atoms with Crippen molar-refractivity contribution in [2.24, 2.45) is 0 Å². The molecule has 0 aliphatic carbocycles. The van der Waals surface area contributed by atoms with Crippen LogP contribution in [0.15, 0.2) is 8.94 Å². The molecule has 0 saturated carbocycles. The summed E-state index contributed by atoms with van der Waals surface area (Å²) in [6, 6.07) is 0.00803. The zero-order chi connectivity index (χ0) is 18.0. The second-order valence-electron chi connectivity index (χ2n) is 6.81. The van der Waals surface area contributed by atoms with E-state index in [1.165, 1.54) is 0 Å². The van der Waals surface area contributed by atoms with E-state index >= 15 is 0 Å². The zero-order valence-corrected chi connectivity index (χ0v) is 15.2. The summed E-state index contributed by atoms with van der Waals surface area (Å²) in [7, 11) is 0. The zero-order valence-electron chi connectivity index (χ0n) is 15.2. The van der Waals surface area contributed by atoms with Crippen LogP contribution >= 0.6 is 0 Å². The fourth-order valence-electron chi connectivity index (χ4n) is 3.14. The van der Waals surface area contributed by atoms with Crippen LogP contribution < -0.4 is 0 Å². The van der Waals surface area contributed by atoms with E-state index in [1.807, 2.05) is 13.8 Å². The Balaban J connectivity index is 1.61. The lowest BCUT2D eigenvalue weighted by Gasteiger charge is -2.28. The molecule has 1 unspecified atom stereocenters. The molecule has 1 N–H and O–H groups in total. The van der Waals surface area contributed by atoms with Crippen molar-refractivity contribution in [3.05, 3.63) is 23.5 Å². The molecule has 0 bridgehead atoms. The molecule has 0 amide bonds. The Morgan fingerprint density at radius 3 is 2.72 bits per heavy atom. The minimum absolute atomic E-state index is 0.00803. The number of hydrogen-bond donors (Lipinski definition) is 1. The van der Waals surface area contributed by atoms with Crippen molar-refractivity contribution in [1.82, 2.24) is 30.1 Å². The highest BCUT2D eigenvalue weighted by Gasteiger charge is 2.36. The average Bonchev–Trinajstić information content (AvgIpc) is 3.26. The van der Waals surface area contributed by atoms with E-state index in [0.29, 0.717) is 43.1 Å². The summed E-state index contributed by atoms with van der Waals surface area (Å²) in [5.41, 5.74) is 0. The van der Waals surface area contributed by atoms with E-state index < -0.39 is 6.10 Å². The van der Waals surface area contributed by atoms with Crippen molar-refractivity contribution >= 4 is 0 Å². The smallest absolute Gasteiger partial charge is 0.230 e. The van der Waals surface area contributed by atoms with Crippen LogP contribution in [0.25, 0.3) is 0 Å². The third kappa shape index (κ3) is 4.23. The van der Waals surface area contributed by atoms with Crippen LogP contribution in [-0.4, -0.2) is 67.0 Å². The number of aliphatic hydroxyl groups excluding tert-OH is 1. The van der Waals surface area contributed by atoms with Crippen LogP contribution in [0.1, 0.15) is 50.2 Å². The molecule has 3 rings (SSSR count). The maximum absolute atomic E-state index is 10.5. The number of rotatable bonds is 7. The molecule has 0 aromatic carbocycles. The highest BCUT2D eigenvalue weighted by Crippen LogP contribution is 2.20.